The van der Waals surface area contributed by atoms with E-state index in [4.69, 9.17) is 4.42 Å². The summed E-state index contributed by atoms with van der Waals surface area (Å²) < 4.78 is 5.72. The van der Waals surface area contributed by atoms with Crippen molar-refractivity contribution in [1.29, 1.82) is 0 Å². The van der Waals surface area contributed by atoms with E-state index in [1.807, 2.05) is 62.5 Å². The van der Waals surface area contributed by atoms with E-state index in [0.29, 0.717) is 35.5 Å². The van der Waals surface area contributed by atoms with Crippen LogP contribution in [-0.2, 0) is 6.42 Å². The second-order valence-corrected chi connectivity index (χ2v) is 8.50. The van der Waals surface area contributed by atoms with Crippen molar-refractivity contribution in [1.82, 2.24) is 19.9 Å². The summed E-state index contributed by atoms with van der Waals surface area (Å²) in [5.74, 6) is 1.93. The topological polar surface area (TPSA) is 116 Å². The van der Waals surface area contributed by atoms with Gasteiger partial charge >= 0.3 is 0 Å². The molecule has 0 aliphatic carbocycles. The molecule has 1 atom stereocenters. The molecule has 0 unspecified atom stereocenters. The van der Waals surface area contributed by atoms with E-state index >= 15 is 0 Å². The zero-order chi connectivity index (χ0) is 24.4. The molecule has 9 heteroatoms. The Balaban J connectivity index is 1.47. The van der Waals surface area contributed by atoms with Gasteiger partial charge in [0.1, 0.15) is 11.6 Å². The Hall–Kier alpha value is -4.24. The molecular weight excluding hydrogens is 444 g/mol. The monoisotopic (exact) mass is 470 g/mol. The van der Waals surface area contributed by atoms with Crippen molar-refractivity contribution in [3.63, 3.8) is 0 Å². The summed E-state index contributed by atoms with van der Waals surface area (Å²) in [5, 5.41) is 16.6. The van der Waals surface area contributed by atoms with Crippen LogP contribution in [0.15, 0.2) is 65.3 Å². The molecule has 1 amide bonds. The molecule has 2 aromatic carbocycles. The smallest absolute Gasteiger partial charge is 0.253 e. The summed E-state index contributed by atoms with van der Waals surface area (Å²) in [6.45, 7) is 2.37. The molecule has 3 N–H and O–H groups in total. The van der Waals surface area contributed by atoms with Gasteiger partial charge in [-0.05, 0) is 42.7 Å². The van der Waals surface area contributed by atoms with E-state index in [9.17, 15) is 9.90 Å². The second-order valence-electron chi connectivity index (χ2n) is 8.50. The standard InChI is InChI=1S/C26H26N6O3/c1-16-13-27-24(35-16)21-14-28-26(31-23(21)30-22(15-33)17-6-4-3-5-7-17)29-19-8-9-20-18(12-19)10-11-32(2)25(20)34/h3-9,12-14,22,33H,10-11,15H2,1-2H3,(H2,28,29,30,31)/t22-/m1/s1. The lowest BCUT2D eigenvalue weighted by Gasteiger charge is -2.25. The fourth-order valence-electron chi connectivity index (χ4n) is 4.08. The summed E-state index contributed by atoms with van der Waals surface area (Å²) in [6, 6.07) is 14.9. The van der Waals surface area contributed by atoms with Crippen LogP contribution >= 0.6 is 0 Å². The van der Waals surface area contributed by atoms with Gasteiger partial charge in [-0.3, -0.25) is 4.79 Å². The largest absolute Gasteiger partial charge is 0.441 e. The number of carbonyl (C=O) groups excluding carboxylic acids is 1. The van der Waals surface area contributed by atoms with Gasteiger partial charge in [0.05, 0.1) is 24.4 Å². The van der Waals surface area contributed by atoms with E-state index in [1.54, 1.807) is 17.3 Å². The van der Waals surface area contributed by atoms with Crippen molar-refractivity contribution in [2.45, 2.75) is 19.4 Å². The molecule has 0 bridgehead atoms. The first kappa shape index (κ1) is 22.5. The number of aryl methyl sites for hydroxylation is 1. The molecule has 0 saturated heterocycles. The van der Waals surface area contributed by atoms with E-state index in [-0.39, 0.29) is 18.6 Å². The Bertz CT molecular complexity index is 1350. The molecule has 3 heterocycles. The maximum absolute atomic E-state index is 12.4. The Kier molecular flexibility index (Phi) is 6.15. The van der Waals surface area contributed by atoms with E-state index in [2.05, 4.69) is 25.6 Å². The Morgan fingerprint density at radius 2 is 1.94 bits per heavy atom. The number of fused-ring (bicyclic) bond motifs is 1. The van der Waals surface area contributed by atoms with Crippen LogP contribution in [0.4, 0.5) is 17.5 Å². The predicted octanol–water partition coefficient (Wildman–Crippen LogP) is 3.96. The third kappa shape index (κ3) is 4.71. The van der Waals surface area contributed by atoms with Crippen LogP contribution in [-0.4, -0.2) is 51.1 Å². The highest BCUT2D eigenvalue weighted by Crippen LogP contribution is 2.30. The van der Waals surface area contributed by atoms with Crippen molar-refractivity contribution < 1.29 is 14.3 Å². The SMILES string of the molecule is Cc1cnc(-c2cnc(Nc3ccc4c(c3)CCN(C)C4=O)nc2N[C@H](CO)c2ccccc2)o1. The first-order valence-corrected chi connectivity index (χ1v) is 11.4. The third-order valence-corrected chi connectivity index (χ3v) is 5.99. The number of anilines is 3. The molecule has 0 saturated carbocycles. The first-order chi connectivity index (χ1) is 17.0. The number of aliphatic hydroxyl groups excluding tert-OH is 1. The highest BCUT2D eigenvalue weighted by Gasteiger charge is 2.22. The zero-order valence-electron chi connectivity index (χ0n) is 19.5. The van der Waals surface area contributed by atoms with Gasteiger partial charge in [-0.15, -0.1) is 0 Å². The lowest BCUT2D eigenvalue weighted by atomic mass is 9.99. The molecule has 0 radical (unpaired) electrons. The second kappa shape index (κ2) is 9.55. The van der Waals surface area contributed by atoms with Crippen molar-refractivity contribution in [2.24, 2.45) is 0 Å². The lowest BCUT2D eigenvalue weighted by Crippen LogP contribution is -2.34. The van der Waals surface area contributed by atoms with Gasteiger partial charge in [-0.25, -0.2) is 9.97 Å². The maximum atomic E-state index is 12.4. The van der Waals surface area contributed by atoms with E-state index in [0.717, 1.165) is 28.8 Å². The van der Waals surface area contributed by atoms with E-state index in [1.165, 1.54) is 0 Å². The van der Waals surface area contributed by atoms with Gasteiger partial charge in [0.25, 0.3) is 5.91 Å². The number of rotatable bonds is 7. The highest BCUT2D eigenvalue weighted by molar-refractivity contribution is 5.97. The average Bonchev–Trinajstić information content (AvgIpc) is 3.31. The van der Waals surface area contributed by atoms with Crippen molar-refractivity contribution >= 4 is 23.4 Å². The minimum absolute atomic E-state index is 0.0297. The van der Waals surface area contributed by atoms with Crippen LogP contribution in [0.25, 0.3) is 11.5 Å². The zero-order valence-corrected chi connectivity index (χ0v) is 19.5. The number of hydrogen-bond donors (Lipinski definition) is 3. The van der Waals surface area contributed by atoms with Crippen molar-refractivity contribution in [3.05, 3.63) is 83.4 Å². The number of aliphatic hydroxyl groups is 1. The number of amides is 1. The summed E-state index contributed by atoms with van der Waals surface area (Å²) in [6.07, 6.45) is 4.07. The van der Waals surface area contributed by atoms with Gasteiger partial charge in [-0.2, -0.15) is 4.98 Å². The molecule has 5 rings (SSSR count). The fraction of sp³-hybridized carbons (Fsp3) is 0.231. The van der Waals surface area contributed by atoms with Crippen molar-refractivity contribution in [2.75, 3.05) is 30.8 Å². The maximum Gasteiger partial charge on any atom is 0.253 e. The molecule has 4 aromatic rings. The van der Waals surface area contributed by atoms with Gasteiger partial charge < -0.3 is 25.1 Å². The molecule has 35 heavy (non-hydrogen) atoms. The minimum atomic E-state index is -0.388. The molecule has 0 spiro atoms. The minimum Gasteiger partial charge on any atom is -0.441 e. The molecule has 0 fully saturated rings. The van der Waals surface area contributed by atoms with Crippen LogP contribution < -0.4 is 10.6 Å². The third-order valence-electron chi connectivity index (χ3n) is 5.99. The number of hydrogen-bond acceptors (Lipinski definition) is 8. The molecule has 178 valence electrons. The fourth-order valence-corrected chi connectivity index (χ4v) is 4.08. The number of aromatic nitrogens is 3. The van der Waals surface area contributed by atoms with Gasteiger partial charge in [-0.1, -0.05) is 30.3 Å². The first-order valence-electron chi connectivity index (χ1n) is 11.4. The highest BCUT2D eigenvalue weighted by atomic mass is 16.4. The van der Waals surface area contributed by atoms with Gasteiger partial charge in [0.15, 0.2) is 0 Å². The normalized spacial score (nSPS) is 13.9. The molecule has 1 aliphatic rings. The van der Waals surface area contributed by atoms with Crippen LogP contribution in [0, 0.1) is 6.92 Å². The van der Waals surface area contributed by atoms with Crippen LogP contribution in [0.3, 0.4) is 0 Å². The Labute approximate surface area is 202 Å². The summed E-state index contributed by atoms with van der Waals surface area (Å²) in [7, 11) is 1.81. The number of carbonyl (C=O) groups is 1. The summed E-state index contributed by atoms with van der Waals surface area (Å²) in [4.78, 5) is 27.6. The Morgan fingerprint density at radius 3 is 2.69 bits per heavy atom. The number of oxazole rings is 1. The summed E-state index contributed by atoms with van der Waals surface area (Å²) in [5.41, 5.74) is 4.00. The average molecular weight is 471 g/mol. The van der Waals surface area contributed by atoms with Crippen LogP contribution in [0.1, 0.15) is 33.3 Å². The lowest BCUT2D eigenvalue weighted by molar-refractivity contribution is 0.0781. The number of nitrogens with zero attached hydrogens (tertiary/aromatic N) is 4. The number of likely N-dealkylation sites (N-methyl/N-ethyl adjacent to an activating group) is 1. The molecule has 9 nitrogen and oxygen atoms in total. The quantitative estimate of drug-likeness (QED) is 0.372. The summed E-state index contributed by atoms with van der Waals surface area (Å²) >= 11 is 0. The van der Waals surface area contributed by atoms with Gasteiger partial charge in [0, 0.05) is 31.0 Å². The number of benzene rings is 2. The van der Waals surface area contributed by atoms with E-state index < -0.39 is 0 Å². The van der Waals surface area contributed by atoms with Crippen LogP contribution in [0.5, 0.6) is 0 Å². The molecular formula is C26H26N6O3. The Morgan fingerprint density at radius 1 is 1.11 bits per heavy atom. The van der Waals surface area contributed by atoms with Crippen LogP contribution in [0.2, 0.25) is 0 Å². The molecule has 2 aromatic heterocycles. The predicted molar refractivity (Wildman–Crippen MR) is 133 cm³/mol. The number of nitrogens with one attached hydrogen (secondary N) is 2. The van der Waals surface area contributed by atoms with Crippen molar-refractivity contribution in [3.8, 4) is 11.5 Å². The molecule has 1 aliphatic heterocycles. The van der Waals surface area contributed by atoms with Gasteiger partial charge in [0.2, 0.25) is 11.8 Å².